The van der Waals surface area contributed by atoms with Crippen molar-refractivity contribution in [2.45, 2.75) is 38.5 Å². The maximum atomic E-state index is 10.8. The summed E-state index contributed by atoms with van der Waals surface area (Å²) in [5, 5.41) is 20.4. The van der Waals surface area contributed by atoms with E-state index in [9.17, 15) is 5.11 Å². The summed E-state index contributed by atoms with van der Waals surface area (Å²) in [5.74, 6) is 0.347. The second-order valence-corrected chi connectivity index (χ2v) is 8.14. The number of fused-ring (bicyclic) bond motifs is 1. The number of phenols is 1. The zero-order valence-electron chi connectivity index (χ0n) is 18.0. The molecule has 0 bridgehead atoms. The van der Waals surface area contributed by atoms with Crippen molar-refractivity contribution in [1.29, 1.82) is 0 Å². The van der Waals surface area contributed by atoms with E-state index in [0.29, 0.717) is 5.75 Å². The first-order valence-corrected chi connectivity index (χ1v) is 11.0. The number of hydrogen-bond acceptors (Lipinski definition) is 3. The van der Waals surface area contributed by atoms with Crippen LogP contribution in [-0.2, 0) is 13.1 Å². The lowest BCUT2D eigenvalue weighted by Crippen LogP contribution is -2.32. The van der Waals surface area contributed by atoms with Crippen molar-refractivity contribution in [3.63, 3.8) is 0 Å². The standard InChI is InChI=1S/C28H30N2O/c1-21(29-19-22-10-4-2-5-11-22)18-26(30-20-23-12-6-3-7-13-23)28-25-15-9-8-14-24(25)16-17-27(28)31/h2-17,21,26,29-31H,18-20H2,1H3/t21-,26+/m1/s1. The Morgan fingerprint density at radius 2 is 1.26 bits per heavy atom. The second kappa shape index (κ2) is 10.3. The number of hydrogen-bond donors (Lipinski definition) is 3. The molecule has 0 aromatic heterocycles. The third kappa shape index (κ3) is 5.52. The zero-order valence-corrected chi connectivity index (χ0v) is 18.0. The van der Waals surface area contributed by atoms with E-state index in [1.54, 1.807) is 0 Å². The van der Waals surface area contributed by atoms with E-state index in [0.717, 1.165) is 35.8 Å². The Kier molecular flexibility index (Phi) is 6.98. The third-order valence-electron chi connectivity index (χ3n) is 5.78. The highest BCUT2D eigenvalue weighted by Gasteiger charge is 2.20. The van der Waals surface area contributed by atoms with Crippen LogP contribution in [0.25, 0.3) is 10.8 Å². The van der Waals surface area contributed by atoms with Gasteiger partial charge >= 0.3 is 0 Å². The topological polar surface area (TPSA) is 44.3 Å². The fourth-order valence-electron chi connectivity index (χ4n) is 4.12. The molecule has 4 rings (SSSR count). The number of nitrogens with one attached hydrogen (secondary N) is 2. The molecule has 3 nitrogen and oxygen atoms in total. The van der Waals surface area contributed by atoms with Crippen LogP contribution >= 0.6 is 0 Å². The normalized spacial score (nSPS) is 13.2. The minimum atomic E-state index is 0.0181. The van der Waals surface area contributed by atoms with Crippen LogP contribution < -0.4 is 10.6 Å². The Balaban J connectivity index is 1.56. The molecule has 4 aromatic carbocycles. The Morgan fingerprint density at radius 1 is 0.677 bits per heavy atom. The summed E-state index contributed by atoms with van der Waals surface area (Å²) in [6.07, 6.45) is 0.862. The quantitative estimate of drug-likeness (QED) is 0.320. The van der Waals surface area contributed by atoms with E-state index in [4.69, 9.17) is 0 Å². The summed E-state index contributed by atoms with van der Waals surface area (Å²) in [6, 6.07) is 33.2. The van der Waals surface area contributed by atoms with Gasteiger partial charge in [-0.3, -0.25) is 0 Å². The Bertz CT molecular complexity index is 1100. The first-order chi connectivity index (χ1) is 15.2. The highest BCUT2D eigenvalue weighted by atomic mass is 16.3. The molecular weight excluding hydrogens is 380 g/mol. The lowest BCUT2D eigenvalue weighted by molar-refractivity contribution is 0.397. The molecule has 3 N–H and O–H groups in total. The summed E-state index contributed by atoms with van der Waals surface area (Å²) in [4.78, 5) is 0. The van der Waals surface area contributed by atoms with E-state index in [2.05, 4.69) is 78.2 Å². The van der Waals surface area contributed by atoms with E-state index in [1.807, 2.05) is 36.4 Å². The minimum Gasteiger partial charge on any atom is -0.508 e. The SMILES string of the molecule is C[C@H](C[C@H](NCc1ccccc1)c1c(O)ccc2ccccc12)NCc1ccccc1. The van der Waals surface area contributed by atoms with E-state index >= 15 is 0 Å². The lowest BCUT2D eigenvalue weighted by atomic mass is 9.93. The maximum absolute atomic E-state index is 10.8. The Hall–Kier alpha value is -3.14. The molecule has 0 radical (unpaired) electrons. The van der Waals surface area contributed by atoms with Crippen LogP contribution in [0.3, 0.4) is 0 Å². The molecule has 0 amide bonds. The van der Waals surface area contributed by atoms with Gasteiger partial charge in [-0.1, -0.05) is 91.0 Å². The largest absolute Gasteiger partial charge is 0.508 e. The van der Waals surface area contributed by atoms with Crippen molar-refractivity contribution in [2.75, 3.05) is 0 Å². The van der Waals surface area contributed by atoms with E-state index < -0.39 is 0 Å². The molecule has 4 aromatic rings. The fourth-order valence-corrected chi connectivity index (χ4v) is 4.12. The van der Waals surface area contributed by atoms with Gasteiger partial charge in [0.1, 0.15) is 5.75 Å². The van der Waals surface area contributed by atoms with Crippen LogP contribution in [0.2, 0.25) is 0 Å². The van der Waals surface area contributed by atoms with Gasteiger partial charge in [0, 0.05) is 30.7 Å². The molecule has 0 unspecified atom stereocenters. The first kappa shape index (κ1) is 21.1. The van der Waals surface area contributed by atoms with Crippen molar-refractivity contribution in [2.24, 2.45) is 0 Å². The second-order valence-electron chi connectivity index (χ2n) is 8.14. The first-order valence-electron chi connectivity index (χ1n) is 11.0. The summed E-state index contributed by atoms with van der Waals surface area (Å²) < 4.78 is 0. The van der Waals surface area contributed by atoms with Crippen molar-refractivity contribution in [1.82, 2.24) is 10.6 Å². The molecule has 0 fully saturated rings. The van der Waals surface area contributed by atoms with Crippen LogP contribution in [0.1, 0.15) is 36.1 Å². The number of benzene rings is 4. The fraction of sp³-hybridized carbons (Fsp3) is 0.214. The van der Waals surface area contributed by atoms with Crippen LogP contribution in [0.5, 0.6) is 5.75 Å². The molecule has 3 heteroatoms. The number of aromatic hydroxyl groups is 1. The molecule has 0 saturated carbocycles. The average molecular weight is 411 g/mol. The molecule has 2 atom stereocenters. The monoisotopic (exact) mass is 410 g/mol. The maximum Gasteiger partial charge on any atom is 0.120 e. The molecule has 0 aliphatic rings. The molecule has 0 heterocycles. The average Bonchev–Trinajstić information content (AvgIpc) is 2.82. The van der Waals surface area contributed by atoms with Gasteiger partial charge in [-0.25, -0.2) is 0 Å². The molecule has 0 aliphatic carbocycles. The van der Waals surface area contributed by atoms with Crippen LogP contribution in [0.4, 0.5) is 0 Å². The van der Waals surface area contributed by atoms with E-state index in [1.165, 1.54) is 11.1 Å². The van der Waals surface area contributed by atoms with Crippen LogP contribution in [0.15, 0.2) is 97.1 Å². The van der Waals surface area contributed by atoms with Gasteiger partial charge in [0.15, 0.2) is 0 Å². The zero-order chi connectivity index (χ0) is 21.5. The summed E-state index contributed by atoms with van der Waals surface area (Å²) in [5.41, 5.74) is 3.48. The van der Waals surface area contributed by atoms with Gasteiger partial charge in [-0.15, -0.1) is 0 Å². The number of rotatable bonds is 9. The third-order valence-corrected chi connectivity index (χ3v) is 5.78. The van der Waals surface area contributed by atoms with E-state index in [-0.39, 0.29) is 12.1 Å². The van der Waals surface area contributed by atoms with Gasteiger partial charge in [0.2, 0.25) is 0 Å². The minimum absolute atomic E-state index is 0.0181. The summed E-state index contributed by atoms with van der Waals surface area (Å²) in [6.45, 7) is 3.79. The Morgan fingerprint density at radius 3 is 1.94 bits per heavy atom. The van der Waals surface area contributed by atoms with Crippen LogP contribution in [-0.4, -0.2) is 11.1 Å². The van der Waals surface area contributed by atoms with Crippen molar-refractivity contribution in [3.05, 3.63) is 114 Å². The Labute approximate surface area is 184 Å². The predicted octanol–water partition coefficient (Wildman–Crippen LogP) is 5.94. The molecular formula is C28H30N2O. The van der Waals surface area contributed by atoms with Gasteiger partial charge in [-0.2, -0.15) is 0 Å². The van der Waals surface area contributed by atoms with Gasteiger partial charge in [0.25, 0.3) is 0 Å². The van der Waals surface area contributed by atoms with Crippen molar-refractivity contribution >= 4 is 10.8 Å². The number of phenolic OH excluding ortho intramolecular Hbond substituents is 1. The summed E-state index contributed by atoms with van der Waals surface area (Å²) in [7, 11) is 0. The van der Waals surface area contributed by atoms with Crippen LogP contribution in [0, 0.1) is 0 Å². The van der Waals surface area contributed by atoms with Gasteiger partial charge in [0.05, 0.1) is 0 Å². The van der Waals surface area contributed by atoms with Crippen molar-refractivity contribution in [3.8, 4) is 5.75 Å². The highest BCUT2D eigenvalue weighted by molar-refractivity contribution is 5.88. The van der Waals surface area contributed by atoms with Crippen molar-refractivity contribution < 1.29 is 5.11 Å². The molecule has 0 aliphatic heterocycles. The molecule has 158 valence electrons. The smallest absolute Gasteiger partial charge is 0.120 e. The summed E-state index contributed by atoms with van der Waals surface area (Å²) >= 11 is 0. The molecule has 0 spiro atoms. The molecule has 0 saturated heterocycles. The van der Waals surface area contributed by atoms with Gasteiger partial charge < -0.3 is 15.7 Å². The molecule has 31 heavy (non-hydrogen) atoms. The lowest BCUT2D eigenvalue weighted by Gasteiger charge is -2.26. The van der Waals surface area contributed by atoms with Gasteiger partial charge in [-0.05, 0) is 41.3 Å². The predicted molar refractivity (Wildman–Crippen MR) is 129 cm³/mol. The highest BCUT2D eigenvalue weighted by Crippen LogP contribution is 2.34.